The van der Waals surface area contributed by atoms with E-state index < -0.39 is 0 Å². The number of amides is 1. The van der Waals surface area contributed by atoms with Crippen molar-refractivity contribution in [3.05, 3.63) is 34.5 Å². The Morgan fingerprint density at radius 2 is 1.91 bits per heavy atom. The third-order valence-corrected chi connectivity index (χ3v) is 6.92. The van der Waals surface area contributed by atoms with E-state index in [1.54, 1.807) is 18.9 Å². The van der Waals surface area contributed by atoms with Gasteiger partial charge in [0.15, 0.2) is 5.69 Å². The fourth-order valence-corrected chi connectivity index (χ4v) is 5.01. The molecule has 2 aromatic rings. The van der Waals surface area contributed by atoms with Gasteiger partial charge in [0.05, 0.1) is 31.0 Å². The number of methoxy groups -OCH3 is 2. The Labute approximate surface area is 209 Å². The minimum atomic E-state index is -0.232. The van der Waals surface area contributed by atoms with Gasteiger partial charge in [0.1, 0.15) is 5.75 Å². The van der Waals surface area contributed by atoms with Crippen molar-refractivity contribution < 1.29 is 14.3 Å². The number of hydrogen-bond donors (Lipinski definition) is 1. The number of carbonyl (C=O) groups excluding carboxylic acids is 1. The molecule has 0 radical (unpaired) electrons. The van der Waals surface area contributed by atoms with E-state index in [0.717, 1.165) is 30.7 Å². The van der Waals surface area contributed by atoms with Gasteiger partial charge in [-0.05, 0) is 54.2 Å². The Morgan fingerprint density at radius 1 is 1.21 bits per heavy atom. The van der Waals surface area contributed by atoms with Crippen LogP contribution in [0.5, 0.6) is 5.75 Å². The molecule has 188 valence electrons. The Bertz CT molecular complexity index is 972. The van der Waals surface area contributed by atoms with Gasteiger partial charge in [-0.15, -0.1) is 0 Å². The smallest absolute Gasteiger partial charge is 0.273 e. The average molecular weight is 490 g/mol. The largest absolute Gasteiger partial charge is 0.496 e. The first-order valence-corrected chi connectivity index (χ1v) is 12.7. The average Bonchev–Trinajstić information content (AvgIpc) is 3.11. The van der Waals surface area contributed by atoms with Gasteiger partial charge in [-0.2, -0.15) is 5.10 Å². The molecule has 1 saturated carbocycles. The van der Waals surface area contributed by atoms with E-state index in [4.69, 9.17) is 21.1 Å². The van der Waals surface area contributed by atoms with Crippen LogP contribution in [0.3, 0.4) is 0 Å². The molecule has 0 aliphatic heterocycles. The van der Waals surface area contributed by atoms with E-state index in [9.17, 15) is 4.79 Å². The van der Waals surface area contributed by atoms with Crippen LogP contribution in [0.4, 0.5) is 0 Å². The molecule has 0 unspecified atom stereocenters. The lowest BCUT2D eigenvalue weighted by Crippen LogP contribution is -2.31. The molecule has 1 fully saturated rings. The lowest BCUT2D eigenvalue weighted by molar-refractivity contribution is 0.0935. The molecule has 3 rings (SSSR count). The summed E-state index contributed by atoms with van der Waals surface area (Å²) in [6, 6.07) is 6.16. The maximum Gasteiger partial charge on any atom is 0.273 e. The zero-order chi connectivity index (χ0) is 24.9. The number of nitrogens with one attached hydrogen (secondary N) is 1. The van der Waals surface area contributed by atoms with E-state index in [1.807, 2.05) is 12.1 Å². The summed E-state index contributed by atoms with van der Waals surface area (Å²) in [5.74, 6) is 1.78. The number of aromatic nitrogens is 2. The molecule has 1 aliphatic carbocycles. The molecule has 0 saturated heterocycles. The third kappa shape index (κ3) is 6.76. The van der Waals surface area contributed by atoms with E-state index in [-0.39, 0.29) is 17.0 Å². The predicted molar refractivity (Wildman–Crippen MR) is 138 cm³/mol. The maximum atomic E-state index is 13.1. The molecule has 1 amide bonds. The van der Waals surface area contributed by atoms with Crippen molar-refractivity contribution in [1.82, 2.24) is 15.1 Å². The summed E-state index contributed by atoms with van der Waals surface area (Å²) in [7, 11) is 3.30. The first-order valence-electron chi connectivity index (χ1n) is 12.3. The van der Waals surface area contributed by atoms with E-state index in [0.29, 0.717) is 42.1 Å². The summed E-state index contributed by atoms with van der Waals surface area (Å²) in [5.41, 5.74) is 3.08. The molecule has 7 heteroatoms. The Hall–Kier alpha value is -2.05. The molecule has 1 aromatic heterocycles. The van der Waals surface area contributed by atoms with Gasteiger partial charge in [-0.3, -0.25) is 9.48 Å². The SMILES string of the molecule is COCCn1nc(C(=O)NCC2CCC(C)CC2)c(Cl)c1-c1ccc(CC(C)(C)C)cc1OC. The minimum absolute atomic E-state index is 0.159. The summed E-state index contributed by atoms with van der Waals surface area (Å²) in [6.07, 6.45) is 5.68. The number of rotatable bonds is 9. The molecule has 0 atom stereocenters. The van der Waals surface area contributed by atoms with Gasteiger partial charge in [0, 0.05) is 19.2 Å². The van der Waals surface area contributed by atoms with Crippen LogP contribution in [0.25, 0.3) is 11.3 Å². The quantitative estimate of drug-likeness (QED) is 0.469. The molecule has 6 nitrogen and oxygen atoms in total. The van der Waals surface area contributed by atoms with E-state index in [1.165, 1.54) is 18.4 Å². The number of carbonyl (C=O) groups is 1. The third-order valence-electron chi connectivity index (χ3n) is 6.56. The fourth-order valence-electron chi connectivity index (χ4n) is 4.69. The van der Waals surface area contributed by atoms with Crippen LogP contribution in [-0.4, -0.2) is 43.1 Å². The van der Waals surface area contributed by atoms with Crippen LogP contribution in [0.2, 0.25) is 5.02 Å². The zero-order valence-electron chi connectivity index (χ0n) is 21.5. The number of nitrogens with zero attached hydrogens (tertiary/aromatic N) is 2. The fraction of sp³-hybridized carbons (Fsp3) is 0.630. The van der Waals surface area contributed by atoms with Crippen LogP contribution >= 0.6 is 11.6 Å². The highest BCUT2D eigenvalue weighted by molar-refractivity contribution is 6.36. The van der Waals surface area contributed by atoms with Gasteiger partial charge >= 0.3 is 0 Å². The highest BCUT2D eigenvalue weighted by atomic mass is 35.5. The molecule has 34 heavy (non-hydrogen) atoms. The van der Waals surface area contributed by atoms with Gasteiger partial charge in [0.2, 0.25) is 0 Å². The topological polar surface area (TPSA) is 65.4 Å². The van der Waals surface area contributed by atoms with Crippen molar-refractivity contribution in [2.75, 3.05) is 27.4 Å². The monoisotopic (exact) mass is 489 g/mol. The van der Waals surface area contributed by atoms with Crippen molar-refractivity contribution in [3.8, 4) is 17.0 Å². The van der Waals surface area contributed by atoms with Crippen molar-refractivity contribution in [2.45, 2.75) is 66.3 Å². The second-order valence-corrected chi connectivity index (χ2v) is 11.2. The standard InChI is InChI=1S/C27H40ClN3O3/c1-18-7-9-19(10-8-18)17-29-26(32)24-23(28)25(31(30-24)13-14-33-5)21-12-11-20(15-22(21)34-6)16-27(2,3)4/h11-12,15,18-19H,7-10,13-14,16-17H2,1-6H3,(H,29,32). The van der Waals surface area contributed by atoms with E-state index >= 15 is 0 Å². The molecular formula is C27H40ClN3O3. The second-order valence-electron chi connectivity index (χ2n) is 10.8. The molecule has 1 N–H and O–H groups in total. The second kappa shape index (κ2) is 11.6. The Balaban J connectivity index is 1.89. The Morgan fingerprint density at radius 3 is 2.53 bits per heavy atom. The molecule has 1 aliphatic rings. The maximum absolute atomic E-state index is 13.1. The number of ether oxygens (including phenoxy) is 2. The van der Waals surface area contributed by atoms with Crippen LogP contribution in [-0.2, 0) is 17.7 Å². The number of benzene rings is 1. The van der Waals surface area contributed by atoms with E-state index in [2.05, 4.69) is 44.2 Å². The van der Waals surface area contributed by atoms with Crippen molar-refractivity contribution in [3.63, 3.8) is 0 Å². The summed E-state index contributed by atoms with van der Waals surface area (Å²) < 4.78 is 12.8. The Kier molecular flexibility index (Phi) is 9.05. The molecule has 0 spiro atoms. The lowest BCUT2D eigenvalue weighted by Gasteiger charge is -2.26. The highest BCUT2D eigenvalue weighted by Crippen LogP contribution is 2.38. The molecule has 0 bridgehead atoms. The highest BCUT2D eigenvalue weighted by Gasteiger charge is 2.26. The minimum Gasteiger partial charge on any atom is -0.496 e. The summed E-state index contributed by atoms with van der Waals surface area (Å²) >= 11 is 6.81. The van der Waals surface area contributed by atoms with Crippen molar-refractivity contribution in [2.24, 2.45) is 17.3 Å². The van der Waals surface area contributed by atoms with Crippen LogP contribution < -0.4 is 10.1 Å². The summed E-state index contributed by atoms with van der Waals surface area (Å²) in [5, 5.41) is 8.01. The van der Waals surface area contributed by atoms with Crippen LogP contribution in [0.1, 0.15) is 69.4 Å². The van der Waals surface area contributed by atoms with Gasteiger partial charge in [0.25, 0.3) is 5.91 Å². The molecular weight excluding hydrogens is 450 g/mol. The van der Waals surface area contributed by atoms with Crippen molar-refractivity contribution >= 4 is 17.5 Å². The first-order chi connectivity index (χ1) is 16.1. The first kappa shape index (κ1) is 26.6. The summed E-state index contributed by atoms with van der Waals surface area (Å²) in [6.45, 7) is 10.5. The van der Waals surface area contributed by atoms with Crippen LogP contribution in [0, 0.1) is 17.3 Å². The van der Waals surface area contributed by atoms with Crippen LogP contribution in [0.15, 0.2) is 18.2 Å². The number of hydrogen-bond acceptors (Lipinski definition) is 4. The lowest BCUT2D eigenvalue weighted by atomic mass is 9.83. The zero-order valence-corrected chi connectivity index (χ0v) is 22.3. The predicted octanol–water partition coefficient (Wildman–Crippen LogP) is 6.00. The van der Waals surface area contributed by atoms with Gasteiger partial charge < -0.3 is 14.8 Å². The molecule has 1 aromatic carbocycles. The van der Waals surface area contributed by atoms with Gasteiger partial charge in [-0.25, -0.2) is 0 Å². The normalized spacial score (nSPS) is 18.7. The molecule has 1 heterocycles. The van der Waals surface area contributed by atoms with Crippen molar-refractivity contribution in [1.29, 1.82) is 0 Å². The summed E-state index contributed by atoms with van der Waals surface area (Å²) in [4.78, 5) is 13.1. The van der Waals surface area contributed by atoms with Gasteiger partial charge in [-0.1, -0.05) is 58.2 Å². The number of halogens is 1.